The fourth-order valence-corrected chi connectivity index (χ4v) is 1.88. The highest BCUT2D eigenvalue weighted by Gasteiger charge is 2.38. The zero-order valence-electron chi connectivity index (χ0n) is 9.00. The summed E-state index contributed by atoms with van der Waals surface area (Å²) in [4.78, 5) is 23.2. The van der Waals surface area contributed by atoms with Gasteiger partial charge in [-0.25, -0.2) is 0 Å². The number of carbonyl (C=O) groups is 2. The number of carboxylic acid groups (broad SMARTS) is 1. The fourth-order valence-electron chi connectivity index (χ4n) is 1.88. The quantitative estimate of drug-likeness (QED) is 0.499. The van der Waals surface area contributed by atoms with E-state index in [1.807, 2.05) is 0 Å². The third-order valence-corrected chi connectivity index (χ3v) is 2.80. The lowest BCUT2D eigenvalue weighted by Gasteiger charge is -2.22. The molecule has 0 bridgehead atoms. The monoisotopic (exact) mass is 231 g/mol. The van der Waals surface area contributed by atoms with Crippen molar-refractivity contribution in [1.29, 1.82) is 0 Å². The summed E-state index contributed by atoms with van der Waals surface area (Å²) in [7, 11) is 0. The van der Waals surface area contributed by atoms with Gasteiger partial charge in [0.1, 0.15) is 6.10 Å². The van der Waals surface area contributed by atoms with Gasteiger partial charge in [0.25, 0.3) is 0 Å². The van der Waals surface area contributed by atoms with E-state index in [0.29, 0.717) is 19.4 Å². The lowest BCUT2D eigenvalue weighted by atomic mass is 10.1. The Bertz CT molecular complexity index is 268. The van der Waals surface area contributed by atoms with E-state index in [1.54, 1.807) is 4.90 Å². The molecule has 1 rings (SSSR count). The number of likely N-dealkylation sites (tertiary alicyclic amines) is 1. The Morgan fingerprint density at radius 2 is 2.12 bits per heavy atom. The molecular formula is C10H17NO5. The first-order valence-electron chi connectivity index (χ1n) is 5.33. The van der Waals surface area contributed by atoms with Gasteiger partial charge in [-0.1, -0.05) is 0 Å². The van der Waals surface area contributed by atoms with Gasteiger partial charge in [0.2, 0.25) is 0 Å². The van der Waals surface area contributed by atoms with E-state index in [0.717, 1.165) is 0 Å². The number of rotatable bonds is 6. The second-order valence-corrected chi connectivity index (χ2v) is 3.98. The molecular weight excluding hydrogens is 214 g/mol. The summed E-state index contributed by atoms with van der Waals surface area (Å²) in [5.41, 5.74) is 0. The first-order chi connectivity index (χ1) is 7.56. The Balaban J connectivity index is 2.31. The van der Waals surface area contributed by atoms with Crippen molar-refractivity contribution >= 4 is 11.8 Å². The summed E-state index contributed by atoms with van der Waals surface area (Å²) in [6, 6.07) is -0.530. The van der Waals surface area contributed by atoms with Crippen molar-refractivity contribution in [1.82, 2.24) is 4.90 Å². The van der Waals surface area contributed by atoms with Gasteiger partial charge < -0.3 is 15.3 Å². The van der Waals surface area contributed by atoms with Crippen LogP contribution < -0.4 is 0 Å². The topological polar surface area (TPSA) is 98.1 Å². The first-order valence-corrected chi connectivity index (χ1v) is 5.33. The van der Waals surface area contributed by atoms with Crippen LogP contribution in [0.2, 0.25) is 0 Å². The van der Waals surface area contributed by atoms with Crippen LogP contribution in [-0.4, -0.2) is 63.8 Å². The van der Waals surface area contributed by atoms with Crippen molar-refractivity contribution in [2.45, 2.75) is 31.4 Å². The SMILES string of the molecule is O=C(O)CCCCN1CC(=O)C(O)[C@H]1CO. The molecule has 1 unspecified atom stereocenters. The molecule has 16 heavy (non-hydrogen) atoms. The average molecular weight is 231 g/mol. The van der Waals surface area contributed by atoms with Crippen molar-refractivity contribution < 1.29 is 24.9 Å². The number of nitrogens with zero attached hydrogens (tertiary/aromatic N) is 1. The van der Waals surface area contributed by atoms with Crippen molar-refractivity contribution in [3.8, 4) is 0 Å². The molecule has 1 aliphatic heterocycles. The van der Waals surface area contributed by atoms with Crippen LogP contribution in [0.15, 0.2) is 0 Å². The normalized spacial score (nSPS) is 26.2. The van der Waals surface area contributed by atoms with E-state index in [1.165, 1.54) is 0 Å². The minimum atomic E-state index is -1.11. The molecule has 1 heterocycles. The molecule has 1 saturated heterocycles. The molecule has 0 amide bonds. The molecule has 1 fully saturated rings. The van der Waals surface area contributed by atoms with E-state index < -0.39 is 18.1 Å². The fraction of sp³-hybridized carbons (Fsp3) is 0.800. The number of aliphatic carboxylic acids is 1. The van der Waals surface area contributed by atoms with E-state index in [4.69, 9.17) is 10.2 Å². The lowest BCUT2D eigenvalue weighted by Crippen LogP contribution is -2.39. The minimum Gasteiger partial charge on any atom is -0.481 e. The van der Waals surface area contributed by atoms with Crippen LogP contribution in [-0.2, 0) is 9.59 Å². The third kappa shape index (κ3) is 3.26. The second-order valence-electron chi connectivity index (χ2n) is 3.98. The van der Waals surface area contributed by atoms with E-state index >= 15 is 0 Å². The average Bonchev–Trinajstić information content (AvgIpc) is 2.49. The molecule has 0 aromatic carbocycles. The molecule has 0 aromatic rings. The molecule has 6 nitrogen and oxygen atoms in total. The van der Waals surface area contributed by atoms with Gasteiger partial charge in [-0.2, -0.15) is 0 Å². The minimum absolute atomic E-state index is 0.105. The Kier molecular flexibility index (Phi) is 4.85. The van der Waals surface area contributed by atoms with Gasteiger partial charge in [0.15, 0.2) is 5.78 Å². The largest absolute Gasteiger partial charge is 0.481 e. The van der Waals surface area contributed by atoms with Gasteiger partial charge in [0, 0.05) is 6.42 Å². The van der Waals surface area contributed by atoms with Crippen LogP contribution in [0.25, 0.3) is 0 Å². The standard InChI is InChI=1S/C10H17NO5/c12-6-7-10(16)8(13)5-11(7)4-2-1-3-9(14)15/h7,10,12,16H,1-6H2,(H,14,15)/t7-,10?/m1/s1. The van der Waals surface area contributed by atoms with Crippen molar-refractivity contribution in [2.75, 3.05) is 19.7 Å². The van der Waals surface area contributed by atoms with Gasteiger partial charge >= 0.3 is 5.97 Å². The molecule has 0 radical (unpaired) electrons. The Labute approximate surface area is 93.5 Å². The highest BCUT2D eigenvalue weighted by Crippen LogP contribution is 2.15. The zero-order chi connectivity index (χ0) is 12.1. The lowest BCUT2D eigenvalue weighted by molar-refractivity contribution is -0.137. The maximum atomic E-state index is 11.2. The molecule has 3 N–H and O–H groups in total. The Hall–Kier alpha value is -0.980. The van der Waals surface area contributed by atoms with Crippen molar-refractivity contribution in [2.24, 2.45) is 0 Å². The summed E-state index contributed by atoms with van der Waals surface area (Å²) in [6.45, 7) is 0.409. The van der Waals surface area contributed by atoms with Gasteiger partial charge in [-0.3, -0.25) is 14.5 Å². The molecule has 0 aliphatic carbocycles. The number of hydrogen-bond donors (Lipinski definition) is 3. The Morgan fingerprint density at radius 1 is 1.44 bits per heavy atom. The summed E-state index contributed by atoms with van der Waals surface area (Å²) in [6.07, 6.45) is 0.176. The number of aliphatic hydroxyl groups excluding tert-OH is 2. The van der Waals surface area contributed by atoms with Gasteiger partial charge in [-0.15, -0.1) is 0 Å². The highest BCUT2D eigenvalue weighted by molar-refractivity contribution is 5.87. The second kappa shape index (κ2) is 5.93. The van der Waals surface area contributed by atoms with Crippen LogP contribution in [0.4, 0.5) is 0 Å². The third-order valence-electron chi connectivity index (χ3n) is 2.80. The van der Waals surface area contributed by atoms with Crippen LogP contribution >= 0.6 is 0 Å². The zero-order valence-corrected chi connectivity index (χ0v) is 9.00. The van der Waals surface area contributed by atoms with Crippen LogP contribution in [0, 0.1) is 0 Å². The summed E-state index contributed by atoms with van der Waals surface area (Å²) in [5, 5.41) is 26.9. The van der Waals surface area contributed by atoms with Gasteiger partial charge in [-0.05, 0) is 19.4 Å². The Morgan fingerprint density at radius 3 is 2.69 bits per heavy atom. The van der Waals surface area contributed by atoms with Crippen molar-refractivity contribution in [3.63, 3.8) is 0 Å². The molecule has 0 spiro atoms. The van der Waals surface area contributed by atoms with Crippen LogP contribution in [0.5, 0.6) is 0 Å². The van der Waals surface area contributed by atoms with E-state index in [9.17, 15) is 14.7 Å². The molecule has 2 atom stereocenters. The summed E-state index contributed by atoms with van der Waals surface area (Å²) in [5.74, 6) is -1.12. The maximum Gasteiger partial charge on any atom is 0.303 e. The molecule has 92 valence electrons. The van der Waals surface area contributed by atoms with Crippen molar-refractivity contribution in [3.05, 3.63) is 0 Å². The number of ketones is 1. The molecule has 0 aromatic heterocycles. The number of hydrogen-bond acceptors (Lipinski definition) is 5. The first kappa shape index (κ1) is 13.1. The number of unbranched alkanes of at least 4 members (excludes halogenated alkanes) is 1. The predicted molar refractivity (Wildman–Crippen MR) is 54.9 cm³/mol. The van der Waals surface area contributed by atoms with E-state index in [2.05, 4.69) is 0 Å². The van der Waals surface area contributed by atoms with E-state index in [-0.39, 0.29) is 25.4 Å². The van der Waals surface area contributed by atoms with Crippen LogP contribution in [0.1, 0.15) is 19.3 Å². The van der Waals surface area contributed by atoms with Gasteiger partial charge in [0.05, 0.1) is 19.2 Å². The molecule has 0 saturated carbocycles. The predicted octanol–water partition coefficient (Wildman–Crippen LogP) is -1.15. The highest BCUT2D eigenvalue weighted by atomic mass is 16.4. The smallest absolute Gasteiger partial charge is 0.303 e. The number of aliphatic hydroxyl groups is 2. The van der Waals surface area contributed by atoms with Crippen LogP contribution in [0.3, 0.4) is 0 Å². The summed E-state index contributed by atoms with van der Waals surface area (Å²) < 4.78 is 0. The number of carboxylic acids is 1. The number of Topliss-reactive ketones (excluding diaryl/α,β-unsaturated/α-hetero) is 1. The number of carbonyl (C=O) groups excluding carboxylic acids is 1. The maximum absolute atomic E-state index is 11.2. The molecule has 1 aliphatic rings. The molecule has 6 heteroatoms. The summed E-state index contributed by atoms with van der Waals surface area (Å²) >= 11 is 0.